The van der Waals surface area contributed by atoms with Gasteiger partial charge in [0.25, 0.3) is 0 Å². The number of carbonyl (C=O) groups excluding carboxylic acids is 2. The summed E-state index contributed by atoms with van der Waals surface area (Å²) >= 11 is 0. The highest BCUT2D eigenvalue weighted by molar-refractivity contribution is 6.00. The zero-order valence-corrected chi connectivity index (χ0v) is 35.5. The third-order valence-corrected chi connectivity index (χ3v) is 17.1. The average molecular weight is 738 g/mol. The van der Waals surface area contributed by atoms with Crippen molar-refractivity contribution >= 4 is 17.7 Å². The van der Waals surface area contributed by atoms with Crippen LogP contribution in [0.25, 0.3) is 0 Å². The monoisotopic (exact) mass is 738 g/mol. The highest BCUT2D eigenvalue weighted by Crippen LogP contribution is 2.77. The van der Waals surface area contributed by atoms with E-state index >= 15 is 0 Å². The number of ketones is 1. The van der Waals surface area contributed by atoms with Gasteiger partial charge in [0.15, 0.2) is 5.78 Å². The number of carbonyl (C=O) groups is 3. The lowest BCUT2D eigenvalue weighted by molar-refractivity contribution is -0.233. The van der Waals surface area contributed by atoms with Crippen molar-refractivity contribution in [1.82, 2.24) is 15.1 Å². The lowest BCUT2D eigenvalue weighted by atomic mass is 9.33. The van der Waals surface area contributed by atoms with Gasteiger partial charge in [0, 0.05) is 50.0 Å². The molecule has 1 aliphatic heterocycles. The van der Waals surface area contributed by atoms with Gasteiger partial charge >= 0.3 is 11.9 Å². The van der Waals surface area contributed by atoms with Gasteiger partial charge in [-0.3, -0.25) is 14.4 Å². The number of rotatable bonds is 13. The number of ether oxygens (including phenoxy) is 1. The van der Waals surface area contributed by atoms with Crippen LogP contribution in [0.4, 0.5) is 0 Å². The van der Waals surface area contributed by atoms with Gasteiger partial charge in [-0.05, 0) is 144 Å². The molecule has 8 heteroatoms. The molecule has 5 aliphatic carbocycles. The van der Waals surface area contributed by atoms with Crippen molar-refractivity contribution in [2.75, 3.05) is 53.4 Å². The molecule has 0 aromatic carbocycles. The first-order valence-electron chi connectivity index (χ1n) is 21.4. The highest BCUT2D eigenvalue weighted by Gasteiger charge is 2.70. The standard InChI is InChI=1S/C45H75N3O5/c1-29(2)37-32(49)24-45(20-21-48(23-22-47(10)11)28-30-26-46-27-30)19-18-43(8)31(38(37)45)12-13-34-42(7)16-15-35(53-36(50)25-40(3,4)39(51)52)41(5,6)33(42)14-17-44(34,43)9/h29-31,33-35,46H,12-28H2,1-11H3,(H,51,52). The van der Waals surface area contributed by atoms with Gasteiger partial charge < -0.3 is 25.0 Å². The molecule has 0 bridgehead atoms. The Labute approximate surface area is 322 Å². The lowest BCUT2D eigenvalue weighted by Gasteiger charge is -2.72. The average Bonchev–Trinajstić information content (AvgIpc) is 3.33. The summed E-state index contributed by atoms with van der Waals surface area (Å²) in [6.07, 6.45) is 10.3. The molecule has 300 valence electrons. The summed E-state index contributed by atoms with van der Waals surface area (Å²) in [5.74, 6) is 1.52. The van der Waals surface area contributed by atoms with Gasteiger partial charge in [0.1, 0.15) is 6.10 Å². The van der Waals surface area contributed by atoms with Crippen molar-refractivity contribution in [2.45, 2.75) is 139 Å². The fourth-order valence-corrected chi connectivity index (χ4v) is 13.7. The third kappa shape index (κ3) is 6.89. The zero-order chi connectivity index (χ0) is 38.9. The molecule has 6 aliphatic rings. The topological polar surface area (TPSA) is 99.2 Å². The van der Waals surface area contributed by atoms with Crippen LogP contribution in [0.5, 0.6) is 0 Å². The van der Waals surface area contributed by atoms with Gasteiger partial charge in [-0.1, -0.05) is 54.0 Å². The number of aliphatic carboxylic acids is 1. The summed E-state index contributed by atoms with van der Waals surface area (Å²) in [6.45, 7) is 26.8. The molecule has 0 aromatic heterocycles. The summed E-state index contributed by atoms with van der Waals surface area (Å²) in [7, 11) is 4.35. The molecule has 8 atom stereocenters. The molecule has 0 spiro atoms. The van der Waals surface area contributed by atoms with Crippen LogP contribution in [0.15, 0.2) is 11.1 Å². The Hall–Kier alpha value is -1.77. The minimum absolute atomic E-state index is 0.00146. The van der Waals surface area contributed by atoms with Gasteiger partial charge in [-0.2, -0.15) is 0 Å². The van der Waals surface area contributed by atoms with Gasteiger partial charge in [-0.15, -0.1) is 0 Å². The summed E-state index contributed by atoms with van der Waals surface area (Å²) in [4.78, 5) is 44.1. The van der Waals surface area contributed by atoms with Crippen molar-refractivity contribution < 1.29 is 24.2 Å². The second kappa shape index (κ2) is 14.3. The van der Waals surface area contributed by atoms with E-state index in [9.17, 15) is 19.5 Å². The number of carboxylic acids is 1. The number of Topliss-reactive ketones (excluding diaryl/α,β-unsaturated/α-hetero) is 1. The van der Waals surface area contributed by atoms with E-state index < -0.39 is 11.4 Å². The summed E-state index contributed by atoms with van der Waals surface area (Å²) in [5, 5.41) is 13.1. The molecule has 6 rings (SSSR count). The minimum atomic E-state index is -1.14. The quantitative estimate of drug-likeness (QED) is 0.185. The smallest absolute Gasteiger partial charge is 0.309 e. The molecule has 8 unspecified atom stereocenters. The van der Waals surface area contributed by atoms with Crippen molar-refractivity contribution in [3.63, 3.8) is 0 Å². The second-order valence-corrected chi connectivity index (χ2v) is 21.6. The fraction of sp³-hybridized carbons (Fsp3) is 0.889. The van der Waals surface area contributed by atoms with E-state index in [1.807, 2.05) is 0 Å². The Balaban J connectivity index is 1.25. The van der Waals surface area contributed by atoms with E-state index in [4.69, 9.17) is 4.74 Å². The van der Waals surface area contributed by atoms with Crippen LogP contribution in [-0.2, 0) is 19.1 Å². The third-order valence-electron chi connectivity index (χ3n) is 17.1. The first-order valence-corrected chi connectivity index (χ1v) is 21.4. The Morgan fingerprint density at radius 2 is 1.60 bits per heavy atom. The maximum absolute atomic E-state index is 14.2. The number of nitrogens with one attached hydrogen (secondary N) is 1. The van der Waals surface area contributed by atoms with E-state index in [2.05, 4.69) is 77.7 Å². The van der Waals surface area contributed by atoms with Crippen LogP contribution < -0.4 is 5.32 Å². The molecule has 53 heavy (non-hydrogen) atoms. The lowest BCUT2D eigenvalue weighted by Crippen LogP contribution is -2.65. The predicted molar refractivity (Wildman–Crippen MR) is 211 cm³/mol. The number of hydrogen-bond donors (Lipinski definition) is 2. The van der Waals surface area contributed by atoms with Crippen molar-refractivity contribution in [2.24, 2.45) is 62.1 Å². The number of esters is 1. The molecule has 1 saturated heterocycles. The highest BCUT2D eigenvalue weighted by atomic mass is 16.5. The molecular weight excluding hydrogens is 663 g/mol. The van der Waals surface area contributed by atoms with Crippen molar-refractivity contribution in [3.8, 4) is 0 Å². The Bertz CT molecular complexity index is 1460. The van der Waals surface area contributed by atoms with Crippen LogP contribution in [0.2, 0.25) is 0 Å². The van der Waals surface area contributed by atoms with Gasteiger partial charge in [0.05, 0.1) is 11.8 Å². The number of nitrogens with zero attached hydrogens (tertiary/aromatic N) is 2. The van der Waals surface area contributed by atoms with E-state index in [1.54, 1.807) is 19.4 Å². The number of carboxylic acid groups (broad SMARTS) is 1. The van der Waals surface area contributed by atoms with Gasteiger partial charge in [0.2, 0.25) is 0 Å². The first kappa shape index (κ1) is 40.9. The SMILES string of the molecule is CC(C)C1=C2C3CCC4C5(C)CCC(OC(=O)CC(C)(C)C(=O)O)C(C)(C)C5CCC4(C)C3(C)CCC2(CCN(CCN(C)C)CC2CNC2)CC1=O. The Kier molecular flexibility index (Phi) is 11.0. The Morgan fingerprint density at radius 3 is 2.21 bits per heavy atom. The van der Waals surface area contributed by atoms with Crippen molar-refractivity contribution in [3.05, 3.63) is 11.1 Å². The number of fused-ring (bicyclic) bond motifs is 7. The van der Waals surface area contributed by atoms with E-state index in [0.29, 0.717) is 30.0 Å². The number of allylic oxidation sites excluding steroid dienone is 2. The minimum Gasteiger partial charge on any atom is -0.481 e. The normalized spacial score (nSPS) is 38.3. The summed E-state index contributed by atoms with van der Waals surface area (Å²) in [6, 6.07) is 0. The van der Waals surface area contributed by atoms with Crippen LogP contribution >= 0.6 is 0 Å². The molecule has 0 radical (unpaired) electrons. The van der Waals surface area contributed by atoms with Crippen LogP contribution in [0.3, 0.4) is 0 Å². The Morgan fingerprint density at radius 1 is 0.906 bits per heavy atom. The molecule has 5 fully saturated rings. The summed E-state index contributed by atoms with van der Waals surface area (Å²) < 4.78 is 6.20. The van der Waals surface area contributed by atoms with Crippen LogP contribution in [0.1, 0.15) is 133 Å². The molecule has 1 heterocycles. The molecule has 8 nitrogen and oxygen atoms in total. The van der Waals surface area contributed by atoms with Gasteiger partial charge in [-0.25, -0.2) is 0 Å². The fourth-order valence-electron chi connectivity index (χ4n) is 13.7. The number of hydrogen-bond acceptors (Lipinski definition) is 7. The van der Waals surface area contributed by atoms with E-state index in [-0.39, 0.29) is 51.5 Å². The van der Waals surface area contributed by atoms with Crippen LogP contribution in [-0.4, -0.2) is 92.1 Å². The maximum atomic E-state index is 14.2. The van der Waals surface area contributed by atoms with E-state index in [0.717, 1.165) is 77.3 Å². The molecular formula is C45H75N3O5. The van der Waals surface area contributed by atoms with Crippen LogP contribution in [0, 0.1) is 62.1 Å². The second-order valence-electron chi connectivity index (χ2n) is 21.6. The molecule has 2 N–H and O–H groups in total. The van der Waals surface area contributed by atoms with Crippen molar-refractivity contribution in [1.29, 1.82) is 0 Å². The maximum Gasteiger partial charge on any atom is 0.309 e. The molecule has 4 saturated carbocycles. The van der Waals surface area contributed by atoms with E-state index in [1.165, 1.54) is 31.3 Å². The number of likely N-dealkylation sites (N-methyl/N-ethyl adjacent to an activating group) is 1. The largest absolute Gasteiger partial charge is 0.481 e. The molecule has 0 aromatic rings. The zero-order valence-electron chi connectivity index (χ0n) is 35.5. The predicted octanol–water partition coefficient (Wildman–Crippen LogP) is 7.85. The summed E-state index contributed by atoms with van der Waals surface area (Å²) in [5.41, 5.74) is 1.87. The molecule has 0 amide bonds. The first-order chi connectivity index (χ1) is 24.6.